The molecule has 0 saturated carbocycles. The largest absolute Gasteiger partial charge is 0.469 e. The van der Waals surface area contributed by atoms with Crippen molar-refractivity contribution in [1.29, 1.82) is 0 Å². The topological polar surface area (TPSA) is 67.6 Å². The zero-order chi connectivity index (χ0) is 22.7. The minimum absolute atomic E-state index is 0.212. The van der Waals surface area contributed by atoms with E-state index in [9.17, 15) is 4.79 Å². The van der Waals surface area contributed by atoms with Gasteiger partial charge in [-0.3, -0.25) is 9.78 Å². The Morgan fingerprint density at radius 1 is 1.22 bits per heavy atom. The van der Waals surface area contributed by atoms with Crippen molar-refractivity contribution in [2.75, 3.05) is 13.7 Å². The van der Waals surface area contributed by atoms with Crippen LogP contribution in [0.25, 0.3) is 11.3 Å². The van der Waals surface area contributed by atoms with Gasteiger partial charge in [0.05, 0.1) is 28.9 Å². The average Bonchev–Trinajstić information content (AvgIpc) is 3.41. The van der Waals surface area contributed by atoms with E-state index in [0.717, 1.165) is 5.69 Å². The molecule has 3 aromatic rings. The van der Waals surface area contributed by atoms with Crippen LogP contribution in [0.3, 0.4) is 0 Å². The van der Waals surface area contributed by atoms with Crippen molar-refractivity contribution in [3.8, 4) is 11.3 Å². The molecule has 0 radical (unpaired) electrons. The van der Waals surface area contributed by atoms with Gasteiger partial charge in [-0.25, -0.2) is 0 Å². The zero-order valence-electron chi connectivity index (χ0n) is 17.3. The van der Waals surface area contributed by atoms with E-state index in [1.54, 1.807) is 12.3 Å². The van der Waals surface area contributed by atoms with E-state index in [0.29, 0.717) is 51.6 Å². The highest BCUT2D eigenvalue weighted by molar-refractivity contribution is 7.80. The number of nitrogens with zero attached hydrogens (tertiary/aromatic N) is 2. The number of rotatable bonds is 7. The Morgan fingerprint density at radius 2 is 2.06 bits per heavy atom. The molecule has 2 atom stereocenters. The van der Waals surface area contributed by atoms with Gasteiger partial charge in [-0.15, -0.1) is 0 Å². The lowest BCUT2D eigenvalue weighted by molar-refractivity contribution is -0.140. The van der Waals surface area contributed by atoms with Crippen molar-refractivity contribution in [3.05, 3.63) is 76.2 Å². The molecule has 0 bridgehead atoms. The number of halogens is 2. The Bertz CT molecular complexity index is 1120. The first-order valence-electron chi connectivity index (χ1n) is 10.1. The number of ether oxygens (including phenoxy) is 1. The third-order valence-corrected chi connectivity index (χ3v) is 6.51. The molecule has 0 amide bonds. The molecular formula is C23H21Cl2N3O3S. The Kier molecular flexibility index (Phi) is 6.98. The maximum atomic E-state index is 11.6. The minimum Gasteiger partial charge on any atom is -0.469 e. The molecule has 1 aliphatic heterocycles. The van der Waals surface area contributed by atoms with E-state index in [2.05, 4.69) is 10.3 Å². The molecule has 4 rings (SSSR count). The van der Waals surface area contributed by atoms with Crippen LogP contribution in [-0.4, -0.2) is 34.6 Å². The van der Waals surface area contributed by atoms with Crippen LogP contribution < -0.4 is 5.32 Å². The molecule has 1 N–H and O–H groups in total. The predicted octanol–water partition coefficient (Wildman–Crippen LogP) is 5.57. The number of carbonyl (C=O) groups excluding carboxylic acids is 1. The van der Waals surface area contributed by atoms with Gasteiger partial charge >= 0.3 is 5.97 Å². The first kappa shape index (κ1) is 22.6. The highest BCUT2D eigenvalue weighted by Crippen LogP contribution is 2.42. The summed E-state index contributed by atoms with van der Waals surface area (Å²) < 4.78 is 11.0. The predicted molar refractivity (Wildman–Crippen MR) is 128 cm³/mol. The second kappa shape index (κ2) is 9.90. The van der Waals surface area contributed by atoms with Gasteiger partial charge in [0.15, 0.2) is 5.11 Å². The van der Waals surface area contributed by atoms with Crippen LogP contribution in [0.5, 0.6) is 0 Å². The number of furan rings is 1. The molecule has 1 saturated heterocycles. The minimum atomic E-state index is -0.253. The fourth-order valence-electron chi connectivity index (χ4n) is 3.80. The normalized spacial score (nSPS) is 18.0. The molecule has 1 aliphatic rings. The number of nitrogens with one attached hydrogen (secondary N) is 1. The van der Waals surface area contributed by atoms with Crippen LogP contribution in [-0.2, 0) is 9.53 Å². The van der Waals surface area contributed by atoms with Gasteiger partial charge in [0.25, 0.3) is 0 Å². The SMILES string of the molecule is COC(=O)CCCN1C(=S)N[C@@H](c2ccccn2)[C@H]1c1ccc(-c2cccc(Cl)c2Cl)o1. The highest BCUT2D eigenvalue weighted by atomic mass is 35.5. The number of thiocarbonyl (C=S) groups is 1. The molecule has 2 aromatic heterocycles. The zero-order valence-corrected chi connectivity index (χ0v) is 19.6. The van der Waals surface area contributed by atoms with Crippen molar-refractivity contribution in [2.24, 2.45) is 0 Å². The second-order valence-electron chi connectivity index (χ2n) is 7.30. The van der Waals surface area contributed by atoms with Gasteiger partial charge in [-0.1, -0.05) is 35.3 Å². The summed E-state index contributed by atoms with van der Waals surface area (Å²) in [5.74, 6) is 1.06. The van der Waals surface area contributed by atoms with Crippen LogP contribution in [0.4, 0.5) is 0 Å². The molecule has 32 heavy (non-hydrogen) atoms. The van der Waals surface area contributed by atoms with Crippen molar-refractivity contribution >= 4 is 46.5 Å². The molecule has 9 heteroatoms. The van der Waals surface area contributed by atoms with Gasteiger partial charge in [0.2, 0.25) is 0 Å². The van der Waals surface area contributed by atoms with E-state index >= 15 is 0 Å². The van der Waals surface area contributed by atoms with Gasteiger partial charge in [-0.2, -0.15) is 0 Å². The summed E-state index contributed by atoms with van der Waals surface area (Å²) in [6.45, 7) is 0.558. The Morgan fingerprint density at radius 3 is 2.81 bits per heavy atom. The number of hydrogen-bond acceptors (Lipinski definition) is 5. The molecule has 0 aliphatic carbocycles. The summed E-state index contributed by atoms with van der Waals surface area (Å²) in [5, 5.41) is 4.84. The maximum absolute atomic E-state index is 11.6. The standard InChI is InChI=1S/C23H21Cl2N3O3S/c1-30-19(29)9-5-13-28-22(21(27-23(28)32)16-8-2-3-12-26-16)18-11-10-17(31-18)14-6-4-7-15(24)20(14)25/h2-4,6-8,10-12,21-22H,5,9,13H2,1H3,(H,27,32)/t21-,22+/m0/s1. The molecule has 166 valence electrons. The van der Waals surface area contributed by atoms with Gasteiger partial charge in [0, 0.05) is 24.7 Å². The van der Waals surface area contributed by atoms with E-state index in [1.807, 2.05) is 47.4 Å². The molecule has 3 heterocycles. The van der Waals surface area contributed by atoms with Crippen LogP contribution in [0.1, 0.15) is 36.4 Å². The maximum Gasteiger partial charge on any atom is 0.305 e. The Balaban J connectivity index is 1.67. The van der Waals surface area contributed by atoms with Crippen molar-refractivity contribution < 1.29 is 13.9 Å². The Labute approximate surface area is 201 Å². The van der Waals surface area contributed by atoms with Crippen LogP contribution in [0, 0.1) is 0 Å². The number of hydrogen-bond donors (Lipinski definition) is 1. The van der Waals surface area contributed by atoms with Gasteiger partial charge in [-0.05, 0) is 55.0 Å². The Hall–Kier alpha value is -2.61. The first-order chi connectivity index (χ1) is 15.5. The first-order valence-corrected chi connectivity index (χ1v) is 11.2. The lowest BCUT2D eigenvalue weighted by Crippen LogP contribution is -2.30. The molecule has 0 unspecified atom stereocenters. The molecule has 1 aromatic carbocycles. The van der Waals surface area contributed by atoms with E-state index in [-0.39, 0.29) is 18.1 Å². The van der Waals surface area contributed by atoms with Crippen molar-refractivity contribution in [2.45, 2.75) is 24.9 Å². The number of benzene rings is 1. The smallest absolute Gasteiger partial charge is 0.305 e. The van der Waals surface area contributed by atoms with Crippen LogP contribution >= 0.6 is 35.4 Å². The van der Waals surface area contributed by atoms with Crippen LogP contribution in [0.15, 0.2) is 59.1 Å². The van der Waals surface area contributed by atoms with Gasteiger partial charge < -0.3 is 19.4 Å². The van der Waals surface area contributed by atoms with Crippen molar-refractivity contribution in [3.63, 3.8) is 0 Å². The lowest BCUT2D eigenvalue weighted by atomic mass is 10.0. The summed E-state index contributed by atoms with van der Waals surface area (Å²) in [6, 6.07) is 14.5. The fourth-order valence-corrected chi connectivity index (χ4v) is 4.53. The number of esters is 1. The van der Waals surface area contributed by atoms with E-state index in [4.69, 9.17) is 44.6 Å². The van der Waals surface area contributed by atoms with E-state index in [1.165, 1.54) is 7.11 Å². The average molecular weight is 490 g/mol. The summed E-state index contributed by atoms with van der Waals surface area (Å²) in [6.07, 6.45) is 2.64. The van der Waals surface area contributed by atoms with Gasteiger partial charge in [0.1, 0.15) is 17.6 Å². The number of aromatic nitrogens is 1. The quantitative estimate of drug-likeness (QED) is 0.343. The molecular weight excluding hydrogens is 469 g/mol. The monoisotopic (exact) mass is 489 g/mol. The summed E-state index contributed by atoms with van der Waals surface area (Å²) in [5.41, 5.74) is 1.56. The number of methoxy groups -OCH3 is 1. The summed E-state index contributed by atoms with van der Waals surface area (Å²) >= 11 is 18.2. The molecule has 1 fully saturated rings. The third kappa shape index (κ3) is 4.60. The number of carbonyl (C=O) groups is 1. The summed E-state index contributed by atoms with van der Waals surface area (Å²) in [4.78, 5) is 18.1. The summed E-state index contributed by atoms with van der Waals surface area (Å²) in [7, 11) is 1.38. The molecule has 0 spiro atoms. The highest BCUT2D eigenvalue weighted by Gasteiger charge is 2.41. The fraction of sp³-hybridized carbons (Fsp3) is 0.261. The van der Waals surface area contributed by atoms with Crippen LogP contribution in [0.2, 0.25) is 10.0 Å². The lowest BCUT2D eigenvalue weighted by Gasteiger charge is -2.25. The number of pyridine rings is 1. The van der Waals surface area contributed by atoms with Crippen molar-refractivity contribution in [1.82, 2.24) is 15.2 Å². The van der Waals surface area contributed by atoms with E-state index < -0.39 is 0 Å². The molecule has 6 nitrogen and oxygen atoms in total. The second-order valence-corrected chi connectivity index (χ2v) is 8.47. The third-order valence-electron chi connectivity index (χ3n) is 5.34.